The fourth-order valence-corrected chi connectivity index (χ4v) is 2.65. The van der Waals surface area contributed by atoms with Crippen molar-refractivity contribution >= 4 is 15.9 Å². The SMILES string of the molecule is CCCCCCCC(O)C(CN)c1ccc(Br)cc1. The second-order valence-electron chi connectivity index (χ2n) is 5.16. The van der Waals surface area contributed by atoms with Crippen molar-refractivity contribution in [3.8, 4) is 0 Å². The molecule has 2 nitrogen and oxygen atoms in total. The van der Waals surface area contributed by atoms with E-state index in [9.17, 15) is 5.11 Å². The van der Waals surface area contributed by atoms with Gasteiger partial charge in [0.15, 0.2) is 0 Å². The quantitative estimate of drug-likeness (QED) is 0.667. The number of rotatable bonds is 9. The van der Waals surface area contributed by atoms with Crippen LogP contribution < -0.4 is 5.73 Å². The maximum Gasteiger partial charge on any atom is 0.0620 e. The summed E-state index contributed by atoms with van der Waals surface area (Å²) in [7, 11) is 0. The number of nitrogens with two attached hydrogens (primary N) is 1. The van der Waals surface area contributed by atoms with Gasteiger partial charge in [0.05, 0.1) is 6.10 Å². The molecule has 0 bridgehead atoms. The minimum atomic E-state index is -0.326. The van der Waals surface area contributed by atoms with Crippen molar-refractivity contribution < 1.29 is 5.11 Å². The van der Waals surface area contributed by atoms with E-state index in [4.69, 9.17) is 5.73 Å². The minimum absolute atomic E-state index is 0.0549. The van der Waals surface area contributed by atoms with E-state index in [-0.39, 0.29) is 12.0 Å². The van der Waals surface area contributed by atoms with Crippen LogP contribution in [0.1, 0.15) is 56.9 Å². The lowest BCUT2D eigenvalue weighted by molar-refractivity contribution is 0.132. The van der Waals surface area contributed by atoms with E-state index in [1.54, 1.807) is 0 Å². The molecule has 2 atom stereocenters. The van der Waals surface area contributed by atoms with Gasteiger partial charge in [-0.1, -0.05) is 67.1 Å². The van der Waals surface area contributed by atoms with Crippen LogP contribution in [0.4, 0.5) is 0 Å². The molecular formula is C16H26BrNO. The minimum Gasteiger partial charge on any atom is -0.392 e. The lowest BCUT2D eigenvalue weighted by atomic mass is 9.90. The van der Waals surface area contributed by atoms with Crippen LogP contribution in [0.3, 0.4) is 0 Å². The van der Waals surface area contributed by atoms with E-state index < -0.39 is 0 Å². The van der Waals surface area contributed by atoms with Crippen LogP contribution in [-0.2, 0) is 0 Å². The van der Waals surface area contributed by atoms with E-state index >= 15 is 0 Å². The molecule has 0 heterocycles. The average Bonchev–Trinajstić information content (AvgIpc) is 2.41. The standard InChI is InChI=1S/C16H26BrNO/c1-2-3-4-5-6-7-16(19)15(12-18)13-8-10-14(17)11-9-13/h8-11,15-16,19H,2-7,12,18H2,1H3. The zero-order valence-corrected chi connectivity index (χ0v) is 13.4. The zero-order valence-electron chi connectivity index (χ0n) is 11.8. The van der Waals surface area contributed by atoms with Crippen molar-refractivity contribution in [3.05, 3.63) is 34.3 Å². The molecule has 1 rings (SSSR count). The highest BCUT2D eigenvalue weighted by Gasteiger charge is 2.19. The summed E-state index contributed by atoms with van der Waals surface area (Å²) in [5.74, 6) is 0.0549. The number of halogens is 1. The van der Waals surface area contributed by atoms with Crippen molar-refractivity contribution in [2.24, 2.45) is 5.73 Å². The highest BCUT2D eigenvalue weighted by molar-refractivity contribution is 9.10. The van der Waals surface area contributed by atoms with Gasteiger partial charge < -0.3 is 10.8 Å². The Morgan fingerprint density at radius 1 is 1.11 bits per heavy atom. The lowest BCUT2D eigenvalue weighted by Crippen LogP contribution is -2.25. The van der Waals surface area contributed by atoms with Gasteiger partial charge in [0, 0.05) is 16.9 Å². The summed E-state index contributed by atoms with van der Waals surface area (Å²) < 4.78 is 1.06. The molecule has 0 amide bonds. The zero-order chi connectivity index (χ0) is 14.1. The molecule has 0 saturated carbocycles. The van der Waals surface area contributed by atoms with Crippen LogP contribution in [-0.4, -0.2) is 17.8 Å². The van der Waals surface area contributed by atoms with Crippen LogP contribution in [0.25, 0.3) is 0 Å². The van der Waals surface area contributed by atoms with Crippen LogP contribution in [0.2, 0.25) is 0 Å². The maximum absolute atomic E-state index is 10.3. The molecule has 0 fully saturated rings. The Labute approximate surface area is 125 Å². The van der Waals surface area contributed by atoms with Crippen LogP contribution in [0.15, 0.2) is 28.7 Å². The first kappa shape index (κ1) is 16.7. The van der Waals surface area contributed by atoms with Crippen LogP contribution in [0, 0.1) is 0 Å². The van der Waals surface area contributed by atoms with Crippen molar-refractivity contribution in [2.45, 2.75) is 57.5 Å². The van der Waals surface area contributed by atoms with Crippen LogP contribution in [0.5, 0.6) is 0 Å². The van der Waals surface area contributed by atoms with Gasteiger partial charge in [0.1, 0.15) is 0 Å². The summed E-state index contributed by atoms with van der Waals surface area (Å²) in [5.41, 5.74) is 6.96. The average molecular weight is 328 g/mol. The molecule has 0 aromatic heterocycles. The molecule has 0 aliphatic rings. The first-order chi connectivity index (χ1) is 9.19. The van der Waals surface area contributed by atoms with Gasteiger partial charge in [-0.2, -0.15) is 0 Å². The summed E-state index contributed by atoms with van der Waals surface area (Å²) in [6.45, 7) is 2.71. The summed E-state index contributed by atoms with van der Waals surface area (Å²) in [4.78, 5) is 0. The number of hydrogen-bond acceptors (Lipinski definition) is 2. The smallest absolute Gasteiger partial charge is 0.0620 e. The number of aliphatic hydroxyl groups excluding tert-OH is 1. The van der Waals surface area contributed by atoms with E-state index in [0.29, 0.717) is 6.54 Å². The summed E-state index contributed by atoms with van der Waals surface area (Å²) in [6.07, 6.45) is 6.65. The van der Waals surface area contributed by atoms with Gasteiger partial charge in [0.25, 0.3) is 0 Å². The molecule has 1 aromatic rings. The molecular weight excluding hydrogens is 302 g/mol. The third-order valence-electron chi connectivity index (χ3n) is 3.62. The molecule has 3 N–H and O–H groups in total. The first-order valence-electron chi connectivity index (χ1n) is 7.32. The topological polar surface area (TPSA) is 46.2 Å². The maximum atomic E-state index is 10.3. The number of aliphatic hydroxyl groups is 1. The van der Waals surface area contributed by atoms with E-state index in [1.165, 1.54) is 25.7 Å². The predicted octanol–water partition coefficient (Wildman–Crippen LogP) is 4.21. The molecule has 0 radical (unpaired) electrons. The highest BCUT2D eigenvalue weighted by Crippen LogP contribution is 2.24. The monoisotopic (exact) mass is 327 g/mol. The van der Waals surface area contributed by atoms with Gasteiger partial charge in [0.2, 0.25) is 0 Å². The van der Waals surface area contributed by atoms with Gasteiger partial charge in [-0.05, 0) is 24.1 Å². The summed E-state index contributed by atoms with van der Waals surface area (Å²) >= 11 is 3.43. The molecule has 19 heavy (non-hydrogen) atoms. The summed E-state index contributed by atoms with van der Waals surface area (Å²) in [6, 6.07) is 8.10. The number of hydrogen-bond donors (Lipinski definition) is 2. The molecule has 3 heteroatoms. The van der Waals surface area contributed by atoms with Crippen molar-refractivity contribution in [3.63, 3.8) is 0 Å². The van der Waals surface area contributed by atoms with Crippen molar-refractivity contribution in [2.75, 3.05) is 6.54 Å². The van der Waals surface area contributed by atoms with Crippen molar-refractivity contribution in [1.82, 2.24) is 0 Å². The van der Waals surface area contributed by atoms with E-state index in [2.05, 4.69) is 22.9 Å². The number of unbranched alkanes of at least 4 members (excludes halogenated alkanes) is 4. The fourth-order valence-electron chi connectivity index (χ4n) is 2.38. The third kappa shape index (κ3) is 6.07. The normalized spacial score (nSPS) is 14.3. The second kappa shape index (κ2) is 9.51. The molecule has 0 saturated heterocycles. The molecule has 0 aliphatic heterocycles. The lowest BCUT2D eigenvalue weighted by Gasteiger charge is -2.22. The Bertz CT molecular complexity index is 339. The van der Waals surface area contributed by atoms with Gasteiger partial charge >= 0.3 is 0 Å². The predicted molar refractivity (Wildman–Crippen MR) is 85.3 cm³/mol. The molecule has 0 spiro atoms. The third-order valence-corrected chi connectivity index (χ3v) is 4.15. The first-order valence-corrected chi connectivity index (χ1v) is 8.12. The second-order valence-corrected chi connectivity index (χ2v) is 6.08. The summed E-state index contributed by atoms with van der Waals surface area (Å²) in [5, 5.41) is 10.3. The largest absolute Gasteiger partial charge is 0.392 e. The Balaban J connectivity index is 2.43. The molecule has 1 aromatic carbocycles. The van der Waals surface area contributed by atoms with Crippen LogP contribution >= 0.6 is 15.9 Å². The Morgan fingerprint density at radius 2 is 1.74 bits per heavy atom. The molecule has 0 aliphatic carbocycles. The van der Waals surface area contributed by atoms with Crippen molar-refractivity contribution in [1.29, 1.82) is 0 Å². The van der Waals surface area contributed by atoms with Gasteiger partial charge in [-0.15, -0.1) is 0 Å². The Kier molecular flexibility index (Phi) is 8.35. The number of benzene rings is 1. The van der Waals surface area contributed by atoms with Gasteiger partial charge in [-0.25, -0.2) is 0 Å². The Morgan fingerprint density at radius 3 is 2.32 bits per heavy atom. The Hall–Kier alpha value is -0.380. The van der Waals surface area contributed by atoms with Gasteiger partial charge in [-0.3, -0.25) is 0 Å². The van der Waals surface area contributed by atoms with E-state index in [0.717, 1.165) is 22.9 Å². The molecule has 108 valence electrons. The fraction of sp³-hybridized carbons (Fsp3) is 0.625. The molecule has 2 unspecified atom stereocenters. The van der Waals surface area contributed by atoms with E-state index in [1.807, 2.05) is 24.3 Å². The highest BCUT2D eigenvalue weighted by atomic mass is 79.9.